The van der Waals surface area contributed by atoms with Crippen LogP contribution in [0.5, 0.6) is 0 Å². The summed E-state index contributed by atoms with van der Waals surface area (Å²) in [5.74, 6) is 0.525. The number of fused-ring (bicyclic) bond motifs is 5. The number of para-hydroxylation sites is 1. The van der Waals surface area contributed by atoms with Crippen molar-refractivity contribution < 1.29 is 4.42 Å². The molecule has 0 N–H and O–H groups in total. The highest BCUT2D eigenvalue weighted by atomic mass is 16.3. The Balaban J connectivity index is 1.67. The van der Waals surface area contributed by atoms with E-state index in [4.69, 9.17) is 12.3 Å². The smallest absolute Gasteiger partial charge is 0.159 e. The monoisotopic (exact) mass is 415 g/mol. The van der Waals surface area contributed by atoms with E-state index >= 15 is 0 Å². The molecule has 0 spiro atoms. The Bertz CT molecular complexity index is 1450. The number of furan rings is 1. The number of nitrogens with zero attached hydrogens (tertiary/aromatic N) is 1. The van der Waals surface area contributed by atoms with E-state index in [1.807, 2.05) is 6.07 Å². The van der Waals surface area contributed by atoms with Gasteiger partial charge >= 0.3 is 0 Å². The third kappa shape index (κ3) is 2.67. The summed E-state index contributed by atoms with van der Waals surface area (Å²) in [7, 11) is 6.48. The Hall–Kier alpha value is -3.20. The molecule has 1 aliphatic heterocycles. The summed E-state index contributed by atoms with van der Waals surface area (Å²) in [5, 5.41) is 4.56. The summed E-state index contributed by atoms with van der Waals surface area (Å²) < 4.78 is 6.57. The Kier molecular flexibility index (Phi) is 4.53. The molecule has 2 radical (unpaired) electrons. The van der Waals surface area contributed by atoms with E-state index in [9.17, 15) is 0 Å². The Labute approximate surface area is 190 Å². The minimum atomic E-state index is 0.297. The van der Waals surface area contributed by atoms with Gasteiger partial charge in [-0.2, -0.15) is 0 Å². The summed E-state index contributed by atoms with van der Waals surface area (Å²) in [6.45, 7) is 4.43. The second-order valence-corrected chi connectivity index (χ2v) is 8.90. The predicted octanol–water partition coefficient (Wildman–Crippen LogP) is 6.93. The molecule has 2 nitrogen and oxygen atoms in total. The molecule has 156 valence electrons. The molecule has 2 aliphatic rings. The van der Waals surface area contributed by atoms with E-state index < -0.39 is 0 Å². The van der Waals surface area contributed by atoms with Crippen LogP contribution in [0.2, 0.25) is 0 Å². The van der Waals surface area contributed by atoms with Gasteiger partial charge in [0.15, 0.2) is 5.58 Å². The van der Waals surface area contributed by atoms with Crippen LogP contribution in [-0.2, 0) is 0 Å². The van der Waals surface area contributed by atoms with E-state index in [1.165, 1.54) is 11.1 Å². The highest BCUT2D eigenvalue weighted by molar-refractivity contribution is 6.42. The molecule has 0 bridgehead atoms. The van der Waals surface area contributed by atoms with Crippen molar-refractivity contribution in [2.75, 3.05) is 4.90 Å². The van der Waals surface area contributed by atoms with E-state index in [0.717, 1.165) is 52.3 Å². The zero-order valence-corrected chi connectivity index (χ0v) is 18.6. The van der Waals surface area contributed by atoms with Crippen molar-refractivity contribution in [2.45, 2.75) is 39.2 Å². The van der Waals surface area contributed by atoms with Crippen molar-refractivity contribution in [1.82, 2.24) is 0 Å². The zero-order chi connectivity index (χ0) is 21.8. The molecule has 0 saturated heterocycles. The standard InChI is InChI=1S/C29H26BNO/c1-3-10-24-19(4-2)21-13-7-8-15-25(21)31(24)26-16-9-14-22-27-20-12-6-5-11-18(20)17-23(30)29(27)32-28(22)26/h3,5-6,8-12,14-17,19,24H,4,7,13H2,1-2H3/b10-3-. The quantitative estimate of drug-likeness (QED) is 0.267. The number of anilines is 1. The summed E-state index contributed by atoms with van der Waals surface area (Å²) in [6.07, 6.45) is 12.6. The lowest BCUT2D eigenvalue weighted by atomic mass is 9.87. The average Bonchev–Trinajstić information content (AvgIpc) is 3.36. The van der Waals surface area contributed by atoms with Gasteiger partial charge in [0, 0.05) is 22.4 Å². The number of rotatable bonds is 3. The third-order valence-electron chi connectivity index (χ3n) is 7.19. The van der Waals surface area contributed by atoms with Gasteiger partial charge in [-0.25, -0.2) is 0 Å². The molecule has 6 rings (SSSR count). The summed E-state index contributed by atoms with van der Waals surface area (Å²) in [6, 6.07) is 17.3. The Morgan fingerprint density at radius 3 is 2.78 bits per heavy atom. The molecule has 4 aromatic rings. The van der Waals surface area contributed by atoms with Crippen LogP contribution in [0.15, 0.2) is 88.5 Å². The molecule has 3 heteroatoms. The van der Waals surface area contributed by atoms with E-state index in [0.29, 0.717) is 17.4 Å². The normalized spacial score (nSPS) is 21.0. The van der Waals surface area contributed by atoms with Gasteiger partial charge in [0.1, 0.15) is 13.4 Å². The van der Waals surface area contributed by atoms with Crippen LogP contribution in [0.1, 0.15) is 33.1 Å². The van der Waals surface area contributed by atoms with Gasteiger partial charge in [-0.05, 0) is 54.7 Å². The van der Waals surface area contributed by atoms with Crippen LogP contribution in [-0.4, -0.2) is 13.9 Å². The zero-order valence-electron chi connectivity index (χ0n) is 18.6. The first-order valence-electron chi connectivity index (χ1n) is 11.7. The van der Waals surface area contributed by atoms with Crippen LogP contribution in [0.25, 0.3) is 32.7 Å². The number of allylic oxidation sites excluding steroid dienone is 3. The van der Waals surface area contributed by atoms with Gasteiger partial charge in [-0.1, -0.05) is 73.1 Å². The summed E-state index contributed by atoms with van der Waals surface area (Å²) in [5.41, 5.74) is 6.45. The lowest BCUT2D eigenvalue weighted by Gasteiger charge is -2.29. The largest absolute Gasteiger partial charge is 0.454 e. The minimum absolute atomic E-state index is 0.297. The average molecular weight is 415 g/mol. The van der Waals surface area contributed by atoms with Gasteiger partial charge in [0.2, 0.25) is 0 Å². The number of hydrogen-bond donors (Lipinski definition) is 0. The molecular formula is C29H26BNO. The molecule has 3 aromatic carbocycles. The van der Waals surface area contributed by atoms with Crippen molar-refractivity contribution in [1.29, 1.82) is 0 Å². The lowest BCUT2D eigenvalue weighted by molar-refractivity contribution is 0.538. The maximum absolute atomic E-state index is 6.57. The van der Waals surface area contributed by atoms with Crippen LogP contribution in [0.3, 0.4) is 0 Å². The van der Waals surface area contributed by atoms with E-state index in [2.05, 4.69) is 85.5 Å². The first-order chi connectivity index (χ1) is 15.7. The second kappa shape index (κ2) is 7.44. The van der Waals surface area contributed by atoms with Gasteiger partial charge in [-0.3, -0.25) is 0 Å². The van der Waals surface area contributed by atoms with Gasteiger partial charge in [-0.15, -0.1) is 0 Å². The maximum atomic E-state index is 6.57. The Morgan fingerprint density at radius 2 is 1.94 bits per heavy atom. The first kappa shape index (κ1) is 19.5. The fourth-order valence-electron chi connectivity index (χ4n) is 5.87. The van der Waals surface area contributed by atoms with Gasteiger partial charge in [0.05, 0.1) is 11.7 Å². The van der Waals surface area contributed by atoms with Gasteiger partial charge in [0.25, 0.3) is 0 Å². The first-order valence-corrected chi connectivity index (χ1v) is 11.7. The van der Waals surface area contributed by atoms with Crippen molar-refractivity contribution in [3.05, 3.63) is 84.1 Å². The van der Waals surface area contributed by atoms with Gasteiger partial charge < -0.3 is 9.32 Å². The molecule has 0 amide bonds. The summed E-state index contributed by atoms with van der Waals surface area (Å²) >= 11 is 0. The SMILES string of the molecule is [B]c1cc2ccccc2c2c1oc1c(N3C4=C(CCC=C4)C(CC)C3/C=C\C)cccc12. The van der Waals surface area contributed by atoms with Crippen molar-refractivity contribution >= 4 is 51.7 Å². The van der Waals surface area contributed by atoms with Crippen molar-refractivity contribution in [3.63, 3.8) is 0 Å². The van der Waals surface area contributed by atoms with Crippen LogP contribution < -0.4 is 10.4 Å². The molecule has 1 aliphatic carbocycles. The second-order valence-electron chi connectivity index (χ2n) is 8.90. The van der Waals surface area contributed by atoms with Crippen molar-refractivity contribution in [2.24, 2.45) is 5.92 Å². The molecule has 2 atom stereocenters. The lowest BCUT2D eigenvalue weighted by Crippen LogP contribution is -2.32. The molecule has 1 aromatic heterocycles. The molecule has 0 saturated carbocycles. The Morgan fingerprint density at radius 1 is 1.09 bits per heavy atom. The topological polar surface area (TPSA) is 16.4 Å². The number of hydrogen-bond acceptors (Lipinski definition) is 2. The summed E-state index contributed by atoms with van der Waals surface area (Å²) in [4.78, 5) is 2.50. The fourth-order valence-corrected chi connectivity index (χ4v) is 5.87. The molecule has 2 unspecified atom stereocenters. The minimum Gasteiger partial charge on any atom is -0.454 e. The van der Waals surface area contributed by atoms with Crippen molar-refractivity contribution in [3.8, 4) is 0 Å². The van der Waals surface area contributed by atoms with Crippen LogP contribution in [0, 0.1) is 5.92 Å². The molecule has 32 heavy (non-hydrogen) atoms. The highest BCUT2D eigenvalue weighted by Gasteiger charge is 2.39. The van der Waals surface area contributed by atoms with E-state index in [-0.39, 0.29) is 0 Å². The fraction of sp³-hybridized carbons (Fsp3) is 0.241. The molecular weight excluding hydrogens is 389 g/mol. The number of benzene rings is 3. The van der Waals surface area contributed by atoms with Crippen LogP contribution in [0.4, 0.5) is 5.69 Å². The highest BCUT2D eigenvalue weighted by Crippen LogP contribution is 2.47. The van der Waals surface area contributed by atoms with E-state index in [1.54, 1.807) is 5.57 Å². The molecule has 0 fully saturated rings. The molecule has 2 heterocycles. The van der Waals surface area contributed by atoms with Crippen LogP contribution >= 0.6 is 0 Å². The predicted molar refractivity (Wildman–Crippen MR) is 137 cm³/mol. The third-order valence-corrected chi connectivity index (χ3v) is 7.19. The maximum Gasteiger partial charge on any atom is 0.159 e.